The number of anilines is 1. The number of hydrogen-bond donors (Lipinski definition) is 1. The van der Waals surface area contributed by atoms with Crippen molar-refractivity contribution in [3.63, 3.8) is 0 Å². The van der Waals surface area contributed by atoms with Crippen LogP contribution in [0.1, 0.15) is 25.8 Å². The molecule has 0 aliphatic heterocycles. The molecule has 0 bridgehead atoms. The van der Waals surface area contributed by atoms with Gasteiger partial charge >= 0.3 is 5.63 Å². The monoisotopic (exact) mass is 381 g/mol. The van der Waals surface area contributed by atoms with Gasteiger partial charge in [-0.05, 0) is 55.3 Å². The van der Waals surface area contributed by atoms with Crippen LogP contribution in [0.3, 0.4) is 0 Å². The third-order valence-electron chi connectivity index (χ3n) is 4.36. The minimum absolute atomic E-state index is 0.286. The lowest BCUT2D eigenvalue weighted by Crippen LogP contribution is -2.30. The van der Waals surface area contributed by atoms with Crippen molar-refractivity contribution in [3.8, 4) is 11.5 Å². The van der Waals surface area contributed by atoms with Gasteiger partial charge in [-0.1, -0.05) is 13.3 Å². The van der Waals surface area contributed by atoms with Gasteiger partial charge in [0.2, 0.25) is 0 Å². The van der Waals surface area contributed by atoms with Crippen molar-refractivity contribution in [1.82, 2.24) is 0 Å². The van der Waals surface area contributed by atoms with Gasteiger partial charge in [0.25, 0.3) is 5.91 Å². The standard InChI is InChI=1S/C22H23NO5/c1-4-5-15-12-21(24)28-20-13-18(10-11-19(15)20)27-14(2)22(25)23-16-6-8-17(26-3)9-7-16/h6-14H,4-5H2,1-3H3,(H,23,25)/t14-/m1/s1. The van der Waals surface area contributed by atoms with Gasteiger partial charge in [-0.25, -0.2) is 4.79 Å². The molecule has 0 saturated heterocycles. The lowest BCUT2D eigenvalue weighted by Gasteiger charge is -2.15. The molecule has 1 aromatic heterocycles. The van der Waals surface area contributed by atoms with Crippen LogP contribution in [0, 0.1) is 0 Å². The normalized spacial score (nSPS) is 11.8. The number of carbonyl (C=O) groups excluding carboxylic acids is 1. The Labute approximate surface area is 163 Å². The van der Waals surface area contributed by atoms with Crippen LogP contribution in [0.25, 0.3) is 11.0 Å². The molecule has 146 valence electrons. The second-order valence-corrected chi connectivity index (χ2v) is 6.48. The molecule has 0 aliphatic carbocycles. The van der Waals surface area contributed by atoms with Gasteiger partial charge in [0.05, 0.1) is 7.11 Å². The number of aryl methyl sites for hydroxylation is 1. The molecule has 0 radical (unpaired) electrons. The number of methoxy groups -OCH3 is 1. The van der Waals surface area contributed by atoms with E-state index in [1.807, 2.05) is 6.07 Å². The van der Waals surface area contributed by atoms with Crippen LogP contribution in [0.2, 0.25) is 0 Å². The number of carbonyl (C=O) groups is 1. The summed E-state index contributed by atoms with van der Waals surface area (Å²) in [5, 5.41) is 3.67. The Morgan fingerprint density at radius 1 is 1.11 bits per heavy atom. The number of ether oxygens (including phenoxy) is 2. The summed E-state index contributed by atoms with van der Waals surface area (Å²) in [5.41, 5.74) is 1.66. The molecule has 28 heavy (non-hydrogen) atoms. The van der Waals surface area contributed by atoms with Crippen molar-refractivity contribution < 1.29 is 18.7 Å². The molecule has 3 aromatic rings. The SMILES string of the molecule is CCCc1cc(=O)oc2cc(O[C@H](C)C(=O)Nc3ccc(OC)cc3)ccc12. The molecule has 2 aromatic carbocycles. The molecule has 1 amide bonds. The molecule has 1 heterocycles. The number of rotatable bonds is 7. The topological polar surface area (TPSA) is 77.8 Å². The summed E-state index contributed by atoms with van der Waals surface area (Å²) in [6.07, 6.45) is 0.993. The first-order valence-corrected chi connectivity index (χ1v) is 9.18. The van der Waals surface area contributed by atoms with Gasteiger partial charge in [0.15, 0.2) is 6.10 Å². The Hall–Kier alpha value is -3.28. The van der Waals surface area contributed by atoms with Crippen LogP contribution in [-0.4, -0.2) is 19.1 Å². The van der Waals surface area contributed by atoms with E-state index in [-0.39, 0.29) is 5.91 Å². The van der Waals surface area contributed by atoms with Crippen LogP contribution in [0.15, 0.2) is 57.7 Å². The van der Waals surface area contributed by atoms with Crippen molar-refractivity contribution in [2.75, 3.05) is 12.4 Å². The van der Waals surface area contributed by atoms with Gasteiger partial charge in [-0.2, -0.15) is 0 Å². The largest absolute Gasteiger partial charge is 0.497 e. The van der Waals surface area contributed by atoms with E-state index < -0.39 is 11.7 Å². The Morgan fingerprint density at radius 3 is 2.50 bits per heavy atom. The predicted octanol–water partition coefficient (Wildman–Crippen LogP) is 4.16. The Morgan fingerprint density at radius 2 is 1.82 bits per heavy atom. The number of hydrogen-bond acceptors (Lipinski definition) is 5. The van der Waals surface area contributed by atoms with Gasteiger partial charge in [0, 0.05) is 23.2 Å². The minimum atomic E-state index is -0.731. The van der Waals surface area contributed by atoms with Crippen molar-refractivity contribution >= 4 is 22.6 Å². The lowest BCUT2D eigenvalue weighted by molar-refractivity contribution is -0.122. The fourth-order valence-corrected chi connectivity index (χ4v) is 2.94. The maximum Gasteiger partial charge on any atom is 0.336 e. The van der Waals surface area contributed by atoms with Crippen molar-refractivity contribution in [1.29, 1.82) is 0 Å². The summed E-state index contributed by atoms with van der Waals surface area (Å²) >= 11 is 0. The summed E-state index contributed by atoms with van der Waals surface area (Å²) in [6, 6.07) is 13.8. The molecular weight excluding hydrogens is 358 g/mol. The molecule has 0 spiro atoms. The molecule has 0 aliphatic rings. The molecule has 0 unspecified atom stereocenters. The average Bonchev–Trinajstić information content (AvgIpc) is 2.68. The Balaban J connectivity index is 1.73. The van der Waals surface area contributed by atoms with Gasteiger partial charge < -0.3 is 19.2 Å². The van der Waals surface area contributed by atoms with Crippen LogP contribution in [-0.2, 0) is 11.2 Å². The number of nitrogens with one attached hydrogen (secondary N) is 1. The van der Waals surface area contributed by atoms with Gasteiger partial charge in [-0.3, -0.25) is 4.79 Å². The van der Waals surface area contributed by atoms with Gasteiger partial charge in [-0.15, -0.1) is 0 Å². The van der Waals surface area contributed by atoms with E-state index in [1.165, 1.54) is 6.07 Å². The molecule has 3 rings (SSSR count). The molecule has 6 nitrogen and oxygen atoms in total. The maximum atomic E-state index is 12.4. The fraction of sp³-hybridized carbons (Fsp3) is 0.273. The van der Waals surface area contributed by atoms with E-state index in [0.29, 0.717) is 22.8 Å². The molecule has 1 N–H and O–H groups in total. The van der Waals surface area contributed by atoms with E-state index in [4.69, 9.17) is 13.9 Å². The summed E-state index contributed by atoms with van der Waals surface area (Å²) in [6.45, 7) is 3.72. The smallest absolute Gasteiger partial charge is 0.336 e. The third-order valence-corrected chi connectivity index (χ3v) is 4.36. The van der Waals surface area contributed by atoms with Crippen LogP contribution < -0.4 is 20.4 Å². The predicted molar refractivity (Wildman–Crippen MR) is 108 cm³/mol. The minimum Gasteiger partial charge on any atom is -0.497 e. The zero-order valence-electron chi connectivity index (χ0n) is 16.2. The quantitative estimate of drug-likeness (QED) is 0.622. The first-order valence-electron chi connectivity index (χ1n) is 9.18. The number of amides is 1. The Bertz CT molecular complexity index is 1020. The first-order chi connectivity index (χ1) is 13.5. The highest BCUT2D eigenvalue weighted by Crippen LogP contribution is 2.24. The summed E-state index contributed by atoms with van der Waals surface area (Å²) in [7, 11) is 1.58. The zero-order chi connectivity index (χ0) is 20.1. The molecule has 0 fully saturated rings. The van der Waals surface area contributed by atoms with Crippen LogP contribution in [0.4, 0.5) is 5.69 Å². The first kappa shape index (κ1) is 19.5. The Kier molecular flexibility index (Phi) is 5.99. The van der Waals surface area contributed by atoms with E-state index in [2.05, 4.69) is 12.2 Å². The fourth-order valence-electron chi connectivity index (χ4n) is 2.94. The van der Waals surface area contributed by atoms with E-state index in [0.717, 1.165) is 23.8 Å². The van der Waals surface area contributed by atoms with E-state index >= 15 is 0 Å². The van der Waals surface area contributed by atoms with E-state index in [9.17, 15) is 9.59 Å². The van der Waals surface area contributed by atoms with Crippen LogP contribution >= 0.6 is 0 Å². The highest BCUT2D eigenvalue weighted by molar-refractivity contribution is 5.94. The van der Waals surface area contributed by atoms with Crippen molar-refractivity contribution in [2.24, 2.45) is 0 Å². The summed E-state index contributed by atoms with van der Waals surface area (Å²) in [5.74, 6) is 0.885. The highest BCUT2D eigenvalue weighted by Gasteiger charge is 2.16. The van der Waals surface area contributed by atoms with Crippen LogP contribution in [0.5, 0.6) is 11.5 Å². The molecule has 1 atom stereocenters. The molecule has 6 heteroatoms. The lowest BCUT2D eigenvalue weighted by atomic mass is 10.1. The number of fused-ring (bicyclic) bond motifs is 1. The summed E-state index contributed by atoms with van der Waals surface area (Å²) in [4.78, 5) is 24.2. The third kappa shape index (κ3) is 4.52. The number of benzene rings is 2. The van der Waals surface area contributed by atoms with Gasteiger partial charge in [0.1, 0.15) is 17.1 Å². The second-order valence-electron chi connectivity index (χ2n) is 6.48. The average molecular weight is 381 g/mol. The zero-order valence-corrected chi connectivity index (χ0v) is 16.2. The van der Waals surface area contributed by atoms with Crippen molar-refractivity contribution in [2.45, 2.75) is 32.8 Å². The van der Waals surface area contributed by atoms with E-state index in [1.54, 1.807) is 50.4 Å². The molecule has 0 saturated carbocycles. The second kappa shape index (κ2) is 8.61. The van der Waals surface area contributed by atoms with Crippen molar-refractivity contribution in [3.05, 3.63) is 64.5 Å². The highest BCUT2D eigenvalue weighted by atomic mass is 16.5. The molecular formula is C22H23NO5. The summed E-state index contributed by atoms with van der Waals surface area (Å²) < 4.78 is 16.1. The maximum absolute atomic E-state index is 12.4.